The van der Waals surface area contributed by atoms with Gasteiger partial charge in [-0.05, 0) is 37.1 Å². The van der Waals surface area contributed by atoms with Gasteiger partial charge in [0.25, 0.3) is 15.9 Å². The number of furan rings is 1. The molecule has 0 aromatic carbocycles. The van der Waals surface area contributed by atoms with Crippen LogP contribution in [0, 0.1) is 0 Å². The number of sulfonamides is 1. The highest BCUT2D eigenvalue weighted by molar-refractivity contribution is 7.89. The molecule has 2 fully saturated rings. The highest BCUT2D eigenvalue weighted by Gasteiger charge is 2.30. The van der Waals surface area contributed by atoms with E-state index in [1.165, 1.54) is 16.4 Å². The molecule has 2 aromatic rings. The Balaban J connectivity index is 1.51. The largest absolute Gasteiger partial charge is 0.438 e. The van der Waals surface area contributed by atoms with Crippen LogP contribution in [0.1, 0.15) is 23.4 Å². The Morgan fingerprint density at radius 1 is 1.07 bits per heavy atom. The van der Waals surface area contributed by atoms with Gasteiger partial charge in [-0.15, -0.1) is 0 Å². The van der Waals surface area contributed by atoms with Gasteiger partial charge in [-0.2, -0.15) is 4.31 Å². The van der Waals surface area contributed by atoms with Crippen LogP contribution in [0.5, 0.6) is 0 Å². The van der Waals surface area contributed by atoms with Gasteiger partial charge >= 0.3 is 0 Å². The van der Waals surface area contributed by atoms with Crippen LogP contribution in [-0.2, 0) is 14.8 Å². The molecule has 2 saturated heterocycles. The van der Waals surface area contributed by atoms with E-state index in [1.807, 2.05) is 0 Å². The molecular formula is C18H22N4O5S. The summed E-state index contributed by atoms with van der Waals surface area (Å²) in [4.78, 5) is 19.1. The maximum absolute atomic E-state index is 12.6. The van der Waals surface area contributed by atoms with Gasteiger partial charge in [0.1, 0.15) is 0 Å². The predicted molar refractivity (Wildman–Crippen MR) is 102 cm³/mol. The Morgan fingerprint density at radius 3 is 2.57 bits per heavy atom. The third-order valence-corrected chi connectivity index (χ3v) is 6.58. The molecule has 2 aliphatic heterocycles. The first kappa shape index (κ1) is 18.9. The molecule has 2 aromatic heterocycles. The van der Waals surface area contributed by atoms with E-state index in [2.05, 4.69) is 15.2 Å². The van der Waals surface area contributed by atoms with Crippen molar-refractivity contribution in [2.24, 2.45) is 0 Å². The summed E-state index contributed by atoms with van der Waals surface area (Å²) in [5.41, 5.74) is 0.573. The summed E-state index contributed by atoms with van der Waals surface area (Å²) in [5, 5.41) is 2.54. The van der Waals surface area contributed by atoms with Crippen molar-refractivity contribution in [1.82, 2.24) is 9.29 Å². The number of hydrogen-bond donors (Lipinski definition) is 1. The Labute approximate surface area is 163 Å². The van der Waals surface area contributed by atoms with Gasteiger partial charge in [0.05, 0.1) is 18.9 Å². The zero-order valence-electron chi connectivity index (χ0n) is 15.3. The van der Waals surface area contributed by atoms with Crippen molar-refractivity contribution in [2.45, 2.75) is 17.9 Å². The van der Waals surface area contributed by atoms with Gasteiger partial charge in [0.15, 0.2) is 11.6 Å². The second-order valence-electron chi connectivity index (χ2n) is 6.66. The third-order valence-electron chi connectivity index (χ3n) is 4.81. The summed E-state index contributed by atoms with van der Waals surface area (Å²) in [5.74, 6) is 0.126. The van der Waals surface area contributed by atoms with Gasteiger partial charge in [0, 0.05) is 32.4 Å². The fourth-order valence-corrected chi connectivity index (χ4v) is 4.67. The zero-order valence-corrected chi connectivity index (χ0v) is 16.2. The summed E-state index contributed by atoms with van der Waals surface area (Å²) >= 11 is 0. The Hall–Kier alpha value is -2.43. The molecule has 9 nitrogen and oxygen atoms in total. The van der Waals surface area contributed by atoms with E-state index in [1.54, 1.807) is 18.3 Å². The second kappa shape index (κ2) is 7.90. The standard InChI is InChI=1S/C18H22N4O5S/c23-18(20-14-4-3-7-19-17(14)21-8-1-2-9-21)15-5-6-16(27-15)28(24,25)22-10-12-26-13-11-22/h3-7H,1-2,8-13H2,(H,20,23). The lowest BCUT2D eigenvalue weighted by atomic mass is 10.3. The lowest BCUT2D eigenvalue weighted by Crippen LogP contribution is -2.40. The lowest BCUT2D eigenvalue weighted by molar-refractivity contribution is 0.0723. The Morgan fingerprint density at radius 2 is 1.82 bits per heavy atom. The van der Waals surface area contributed by atoms with Crippen LogP contribution in [0.25, 0.3) is 0 Å². The van der Waals surface area contributed by atoms with Gasteiger partial charge < -0.3 is 19.4 Å². The molecule has 4 rings (SSSR count). The highest BCUT2D eigenvalue weighted by Crippen LogP contribution is 2.27. The molecule has 0 spiro atoms. The molecule has 0 atom stereocenters. The van der Waals surface area contributed by atoms with Crippen LogP contribution >= 0.6 is 0 Å². The van der Waals surface area contributed by atoms with Crippen molar-refractivity contribution in [3.05, 3.63) is 36.2 Å². The van der Waals surface area contributed by atoms with Crippen LogP contribution in [0.4, 0.5) is 11.5 Å². The Bertz CT molecular complexity index is 946. The number of anilines is 2. The van der Waals surface area contributed by atoms with Gasteiger partial charge in [-0.3, -0.25) is 4.79 Å². The molecule has 28 heavy (non-hydrogen) atoms. The first-order valence-electron chi connectivity index (χ1n) is 9.25. The summed E-state index contributed by atoms with van der Waals surface area (Å²) < 4.78 is 37.1. The fraction of sp³-hybridized carbons (Fsp3) is 0.444. The van der Waals surface area contributed by atoms with E-state index in [0.717, 1.165) is 25.9 Å². The van der Waals surface area contributed by atoms with Crippen molar-refractivity contribution >= 4 is 27.4 Å². The zero-order chi connectivity index (χ0) is 19.6. The number of ether oxygens (including phenoxy) is 1. The molecule has 1 N–H and O–H groups in total. The van der Waals surface area contributed by atoms with Crippen molar-refractivity contribution in [3.63, 3.8) is 0 Å². The van der Waals surface area contributed by atoms with Crippen molar-refractivity contribution < 1.29 is 22.4 Å². The number of amides is 1. The van der Waals surface area contributed by atoms with Crippen molar-refractivity contribution in [3.8, 4) is 0 Å². The van der Waals surface area contributed by atoms with Gasteiger partial charge in [-0.25, -0.2) is 13.4 Å². The molecule has 0 saturated carbocycles. The molecule has 0 unspecified atom stereocenters. The maximum Gasteiger partial charge on any atom is 0.291 e. The number of nitrogens with zero attached hydrogens (tertiary/aromatic N) is 3. The summed E-state index contributed by atoms with van der Waals surface area (Å²) in [7, 11) is -3.78. The fourth-order valence-electron chi connectivity index (χ4n) is 3.35. The molecule has 0 aliphatic carbocycles. The summed E-state index contributed by atoms with van der Waals surface area (Å²) in [6.45, 7) is 2.99. The van der Waals surface area contributed by atoms with Crippen molar-refractivity contribution in [1.29, 1.82) is 0 Å². The number of aromatic nitrogens is 1. The van der Waals surface area contributed by atoms with E-state index in [-0.39, 0.29) is 23.9 Å². The first-order valence-corrected chi connectivity index (χ1v) is 10.7. The van der Waals surface area contributed by atoms with Crippen molar-refractivity contribution in [2.75, 3.05) is 49.6 Å². The van der Waals surface area contributed by atoms with E-state index < -0.39 is 15.9 Å². The second-order valence-corrected chi connectivity index (χ2v) is 8.53. The van der Waals surface area contributed by atoms with E-state index in [0.29, 0.717) is 24.7 Å². The number of nitrogens with one attached hydrogen (secondary N) is 1. The number of rotatable bonds is 5. The lowest BCUT2D eigenvalue weighted by Gasteiger charge is -2.24. The smallest absolute Gasteiger partial charge is 0.291 e. The number of carbonyl (C=O) groups is 1. The third kappa shape index (κ3) is 3.75. The minimum Gasteiger partial charge on any atom is -0.438 e. The number of hydrogen-bond acceptors (Lipinski definition) is 7. The number of pyridine rings is 1. The normalized spacial score (nSPS) is 18.4. The first-order chi connectivity index (χ1) is 13.6. The van der Waals surface area contributed by atoms with Gasteiger partial charge in [0.2, 0.25) is 5.09 Å². The van der Waals surface area contributed by atoms with Gasteiger partial charge in [-0.1, -0.05) is 0 Å². The molecule has 2 aliphatic rings. The molecule has 10 heteroatoms. The predicted octanol–water partition coefficient (Wildman–Crippen LogP) is 1.55. The maximum atomic E-state index is 12.6. The SMILES string of the molecule is O=C(Nc1cccnc1N1CCCC1)c1ccc(S(=O)(=O)N2CCOCC2)o1. The monoisotopic (exact) mass is 406 g/mol. The van der Waals surface area contributed by atoms with E-state index >= 15 is 0 Å². The quantitative estimate of drug-likeness (QED) is 0.803. The summed E-state index contributed by atoms with van der Waals surface area (Å²) in [6, 6.07) is 6.19. The molecule has 1 amide bonds. The average Bonchev–Trinajstić information content (AvgIpc) is 3.42. The van der Waals surface area contributed by atoms with Crippen LogP contribution < -0.4 is 10.2 Å². The molecular weight excluding hydrogens is 384 g/mol. The van der Waals surface area contributed by atoms with Crippen LogP contribution in [0.3, 0.4) is 0 Å². The molecule has 0 radical (unpaired) electrons. The van der Waals surface area contributed by atoms with Crippen LogP contribution in [0.2, 0.25) is 0 Å². The minimum absolute atomic E-state index is 0.0666. The molecule has 4 heterocycles. The van der Waals surface area contributed by atoms with Crippen LogP contribution in [0.15, 0.2) is 40.0 Å². The molecule has 0 bridgehead atoms. The van der Waals surface area contributed by atoms with E-state index in [4.69, 9.17) is 9.15 Å². The van der Waals surface area contributed by atoms with Crippen LogP contribution in [-0.4, -0.2) is 63.0 Å². The van der Waals surface area contributed by atoms with E-state index in [9.17, 15) is 13.2 Å². The Kier molecular flexibility index (Phi) is 5.33. The minimum atomic E-state index is -3.78. The summed E-state index contributed by atoms with van der Waals surface area (Å²) in [6.07, 6.45) is 3.86. The topological polar surface area (TPSA) is 105 Å². The highest BCUT2D eigenvalue weighted by atomic mass is 32.2. The number of carbonyl (C=O) groups excluding carboxylic acids is 1. The molecule has 150 valence electrons. The average molecular weight is 406 g/mol. The number of morpholine rings is 1.